The van der Waals surface area contributed by atoms with Crippen LogP contribution in [0.5, 0.6) is 0 Å². The number of aliphatic hydroxyl groups excluding tert-OH is 4. The highest BCUT2D eigenvalue weighted by atomic mass is 16.8. The standard InChI is InChI=1S/C30H35NO11/c1-2-19-20(11-10-18-9-6-12-31(14-18)22(28(38)39)13-17-7-4-3-5-8-17)21(27(36)37)16-40-29(19)42-30-26(35)25(34)24(33)23(15-32)41-30/h2-12,16,19-20,22-26,29-30,32-35H,1,13-15H2,(H,36,37)(H,38,39). The molecule has 0 amide bonds. The molecule has 0 spiro atoms. The van der Waals surface area contributed by atoms with Crippen LogP contribution in [0.4, 0.5) is 0 Å². The van der Waals surface area contributed by atoms with E-state index in [0.29, 0.717) is 11.4 Å². The third kappa shape index (κ3) is 7.05. The summed E-state index contributed by atoms with van der Waals surface area (Å²) in [6, 6.07) is 8.37. The van der Waals surface area contributed by atoms with Gasteiger partial charge in [-0.15, -0.1) is 6.58 Å². The van der Waals surface area contributed by atoms with Crippen LogP contribution in [0.3, 0.4) is 0 Å². The van der Waals surface area contributed by atoms with Gasteiger partial charge in [0.2, 0.25) is 6.29 Å². The Kier molecular flexibility index (Phi) is 10.5. The van der Waals surface area contributed by atoms with Crippen molar-refractivity contribution in [2.24, 2.45) is 11.8 Å². The molecule has 226 valence electrons. The minimum absolute atomic E-state index is 0.0994. The van der Waals surface area contributed by atoms with Crippen molar-refractivity contribution >= 4 is 11.9 Å². The number of aliphatic carboxylic acids is 2. The molecule has 1 aromatic carbocycles. The lowest BCUT2D eigenvalue weighted by atomic mass is 9.83. The molecule has 10 unspecified atom stereocenters. The van der Waals surface area contributed by atoms with Crippen LogP contribution in [0.2, 0.25) is 0 Å². The van der Waals surface area contributed by atoms with Gasteiger partial charge in [-0.25, -0.2) is 4.79 Å². The van der Waals surface area contributed by atoms with Gasteiger partial charge >= 0.3 is 5.97 Å². The lowest BCUT2D eigenvalue weighted by molar-refractivity contribution is -0.862. The molecule has 3 aliphatic rings. The van der Waals surface area contributed by atoms with Crippen molar-refractivity contribution in [2.45, 2.75) is 49.5 Å². The Bertz CT molecular complexity index is 1240. The van der Waals surface area contributed by atoms with E-state index in [1.165, 1.54) is 6.08 Å². The van der Waals surface area contributed by atoms with Gasteiger partial charge in [-0.05, 0) is 17.7 Å². The van der Waals surface area contributed by atoms with Crippen molar-refractivity contribution in [3.8, 4) is 0 Å². The summed E-state index contributed by atoms with van der Waals surface area (Å²) in [5.41, 5.74) is 1.49. The molecule has 1 saturated heterocycles. The molecule has 10 atom stereocenters. The van der Waals surface area contributed by atoms with E-state index in [-0.39, 0.29) is 12.0 Å². The Morgan fingerprint density at radius 2 is 1.88 bits per heavy atom. The van der Waals surface area contributed by atoms with Crippen molar-refractivity contribution in [2.75, 3.05) is 13.2 Å². The normalized spacial score (nSPS) is 33.8. The number of nitrogens with one attached hydrogen (secondary N) is 1. The Balaban J connectivity index is 1.51. The van der Waals surface area contributed by atoms with Crippen LogP contribution in [0.25, 0.3) is 0 Å². The van der Waals surface area contributed by atoms with Gasteiger partial charge < -0.3 is 49.6 Å². The number of carboxylic acid groups (broad SMARTS) is 2. The zero-order valence-corrected chi connectivity index (χ0v) is 22.6. The van der Waals surface area contributed by atoms with E-state index in [2.05, 4.69) is 6.58 Å². The molecule has 12 heteroatoms. The van der Waals surface area contributed by atoms with Crippen LogP contribution >= 0.6 is 0 Å². The first-order valence-electron chi connectivity index (χ1n) is 13.5. The van der Waals surface area contributed by atoms with Gasteiger partial charge in [0.15, 0.2) is 6.29 Å². The fourth-order valence-corrected chi connectivity index (χ4v) is 5.25. The van der Waals surface area contributed by atoms with Gasteiger partial charge in [-0.2, -0.15) is 0 Å². The second-order valence-electron chi connectivity index (χ2n) is 10.3. The summed E-state index contributed by atoms with van der Waals surface area (Å²) in [6.45, 7) is 3.44. The molecule has 3 heterocycles. The molecule has 0 saturated carbocycles. The molecule has 1 fully saturated rings. The molecule has 12 nitrogen and oxygen atoms in total. The van der Waals surface area contributed by atoms with E-state index in [4.69, 9.17) is 14.2 Å². The van der Waals surface area contributed by atoms with Crippen molar-refractivity contribution < 1.29 is 59.3 Å². The number of allylic oxidation sites excluding steroid dienone is 3. The first kappa shape index (κ1) is 31.3. The molecule has 3 aliphatic heterocycles. The molecule has 1 aromatic rings. The largest absolute Gasteiger partial charge is 0.544 e. The quantitative estimate of drug-likeness (QED) is 0.155. The van der Waals surface area contributed by atoms with E-state index >= 15 is 0 Å². The lowest BCUT2D eigenvalue weighted by Crippen LogP contribution is -3.14. The summed E-state index contributed by atoms with van der Waals surface area (Å²) in [5.74, 6) is -4.06. The number of ether oxygens (including phenoxy) is 3. The first-order valence-corrected chi connectivity index (χ1v) is 13.5. The fraction of sp³-hybridized carbons (Fsp3) is 0.400. The zero-order chi connectivity index (χ0) is 30.4. The van der Waals surface area contributed by atoms with E-state index in [1.54, 1.807) is 30.5 Å². The summed E-state index contributed by atoms with van der Waals surface area (Å²) in [7, 11) is 0. The van der Waals surface area contributed by atoms with Crippen LogP contribution in [0, 0.1) is 11.8 Å². The maximum Gasteiger partial charge on any atom is 0.335 e. The second kappa shape index (κ2) is 14.0. The van der Waals surface area contributed by atoms with Gasteiger partial charge in [-0.1, -0.05) is 48.6 Å². The highest BCUT2D eigenvalue weighted by Crippen LogP contribution is 2.36. The number of carboxylic acids is 2. The Morgan fingerprint density at radius 1 is 1.14 bits per heavy atom. The Labute approximate surface area is 242 Å². The number of hydrogen-bond donors (Lipinski definition) is 6. The minimum atomic E-state index is -1.68. The minimum Gasteiger partial charge on any atom is -0.544 e. The predicted octanol–water partition coefficient (Wildman–Crippen LogP) is -2.20. The van der Waals surface area contributed by atoms with Gasteiger partial charge in [0.1, 0.15) is 37.0 Å². The van der Waals surface area contributed by atoms with Crippen molar-refractivity contribution in [3.63, 3.8) is 0 Å². The van der Waals surface area contributed by atoms with Crippen LogP contribution in [-0.2, 0) is 30.2 Å². The molecular weight excluding hydrogens is 550 g/mol. The van der Waals surface area contributed by atoms with Crippen LogP contribution < -0.4 is 10.0 Å². The monoisotopic (exact) mass is 585 g/mol. The molecule has 0 bridgehead atoms. The molecule has 4 rings (SSSR count). The predicted molar refractivity (Wildman–Crippen MR) is 144 cm³/mol. The van der Waals surface area contributed by atoms with Gasteiger partial charge in [0.25, 0.3) is 0 Å². The third-order valence-corrected chi connectivity index (χ3v) is 7.61. The van der Waals surface area contributed by atoms with E-state index in [1.807, 2.05) is 30.3 Å². The number of hydrogen-bond acceptors (Lipinski definition) is 10. The zero-order valence-electron chi connectivity index (χ0n) is 22.6. The lowest BCUT2D eigenvalue weighted by Gasteiger charge is -2.42. The number of carbonyl (C=O) groups is 2. The van der Waals surface area contributed by atoms with Gasteiger partial charge in [-0.3, -0.25) is 4.90 Å². The number of aliphatic hydroxyl groups is 4. The molecule has 0 radical (unpaired) electrons. The average molecular weight is 586 g/mol. The summed E-state index contributed by atoms with van der Waals surface area (Å²) in [5, 5.41) is 61.9. The number of benzene rings is 1. The fourth-order valence-electron chi connectivity index (χ4n) is 5.25. The smallest absolute Gasteiger partial charge is 0.335 e. The van der Waals surface area contributed by atoms with Gasteiger partial charge in [0.05, 0.1) is 36.5 Å². The summed E-state index contributed by atoms with van der Waals surface area (Å²) < 4.78 is 16.7. The molecule has 0 aromatic heterocycles. The average Bonchev–Trinajstić information content (AvgIpc) is 2.99. The van der Waals surface area contributed by atoms with Crippen LogP contribution in [0.15, 0.2) is 90.9 Å². The SMILES string of the molecule is C=CC1C(OC2OC(CO)C(O)C(O)C2O)OC=C(C(=O)O)C1C=CC1=CC=C[NH+](C(Cc2ccccc2)C(=O)[O-])C1. The Hall–Kier alpha value is -3.62. The maximum atomic E-state index is 12.1. The van der Waals surface area contributed by atoms with E-state index < -0.39 is 73.4 Å². The Morgan fingerprint density at radius 3 is 2.52 bits per heavy atom. The number of carbonyl (C=O) groups excluding carboxylic acids is 1. The van der Waals surface area contributed by atoms with Crippen molar-refractivity contribution in [1.29, 1.82) is 0 Å². The second-order valence-corrected chi connectivity index (χ2v) is 10.3. The van der Waals surface area contributed by atoms with Crippen molar-refractivity contribution in [3.05, 3.63) is 96.5 Å². The van der Waals surface area contributed by atoms with Crippen LogP contribution in [0.1, 0.15) is 5.56 Å². The number of rotatable bonds is 11. The van der Waals surface area contributed by atoms with E-state index in [0.717, 1.165) is 17.4 Å². The first-order chi connectivity index (χ1) is 20.1. The van der Waals surface area contributed by atoms with Crippen LogP contribution in [-0.4, -0.2) is 93.7 Å². The van der Waals surface area contributed by atoms with Gasteiger partial charge in [0, 0.05) is 17.9 Å². The molecule has 42 heavy (non-hydrogen) atoms. The summed E-state index contributed by atoms with van der Waals surface area (Å²) >= 11 is 0. The third-order valence-electron chi connectivity index (χ3n) is 7.61. The topological polar surface area (TPSA) is 190 Å². The number of quaternary nitrogens is 1. The molecule has 0 aliphatic carbocycles. The highest BCUT2D eigenvalue weighted by molar-refractivity contribution is 5.87. The van der Waals surface area contributed by atoms with E-state index in [9.17, 15) is 40.2 Å². The summed E-state index contributed by atoms with van der Waals surface area (Å²) in [6.07, 6.45) is 2.46. The molecular formula is C30H35NO11. The highest BCUT2D eigenvalue weighted by Gasteiger charge is 2.47. The molecule has 6 N–H and O–H groups in total. The maximum absolute atomic E-state index is 12.1. The summed E-state index contributed by atoms with van der Waals surface area (Å²) in [4.78, 5) is 24.7. The van der Waals surface area contributed by atoms with Crippen molar-refractivity contribution in [1.82, 2.24) is 0 Å².